The Balaban J connectivity index is 1.98. The third-order valence-corrected chi connectivity index (χ3v) is 3.57. The minimum absolute atomic E-state index is 0.0525. The minimum Gasteiger partial charge on any atom is -0.382 e. The van der Waals surface area contributed by atoms with Crippen molar-refractivity contribution in [1.82, 2.24) is 19.5 Å². The highest BCUT2D eigenvalue weighted by Gasteiger charge is 2.19. The molecule has 2 rings (SSSR count). The summed E-state index contributed by atoms with van der Waals surface area (Å²) in [5, 5.41) is 10.9. The second-order valence-electron chi connectivity index (χ2n) is 5.11. The largest absolute Gasteiger partial charge is 0.382 e. The molecule has 21 heavy (non-hydrogen) atoms. The summed E-state index contributed by atoms with van der Waals surface area (Å²) in [6.45, 7) is 7.15. The molecule has 8 heteroatoms. The number of aryl methyl sites for hydroxylation is 1. The lowest BCUT2D eigenvalue weighted by molar-refractivity contribution is 0.0945. The predicted octanol–water partition coefficient (Wildman–Crippen LogP) is 1.48. The molecule has 7 nitrogen and oxygen atoms in total. The van der Waals surface area contributed by atoms with E-state index in [-0.39, 0.29) is 17.8 Å². The first kappa shape index (κ1) is 15.3. The number of anilines is 2. The maximum atomic E-state index is 12.1. The number of carbonyl (C=O) groups is 1. The fourth-order valence-electron chi connectivity index (χ4n) is 1.85. The number of hydrogen-bond donors (Lipinski definition) is 3. The quantitative estimate of drug-likeness (QED) is 0.751. The first-order valence-corrected chi connectivity index (χ1v) is 7.53. The summed E-state index contributed by atoms with van der Waals surface area (Å²) in [6.07, 6.45) is 3.78. The van der Waals surface area contributed by atoms with Crippen LogP contribution in [0.4, 0.5) is 10.8 Å². The Hall–Kier alpha value is -2.09. The van der Waals surface area contributed by atoms with Crippen molar-refractivity contribution in [2.45, 2.75) is 33.4 Å². The maximum absolute atomic E-state index is 12.1. The number of hydrogen-bond acceptors (Lipinski definition) is 6. The SMILES string of the molecule is Cc1cnn(CCNc2snc(N)c2C(=O)NC(C)C)c1. The van der Waals surface area contributed by atoms with Crippen LogP contribution in [0, 0.1) is 6.92 Å². The highest BCUT2D eigenvalue weighted by molar-refractivity contribution is 7.11. The van der Waals surface area contributed by atoms with Gasteiger partial charge in [0, 0.05) is 18.8 Å². The van der Waals surface area contributed by atoms with E-state index >= 15 is 0 Å². The maximum Gasteiger partial charge on any atom is 0.258 e. The Kier molecular flexibility index (Phi) is 4.79. The number of nitrogens with zero attached hydrogens (tertiary/aromatic N) is 3. The molecule has 4 N–H and O–H groups in total. The summed E-state index contributed by atoms with van der Waals surface area (Å²) in [5.74, 6) is 0.0595. The zero-order chi connectivity index (χ0) is 15.4. The van der Waals surface area contributed by atoms with Gasteiger partial charge in [-0.25, -0.2) is 0 Å². The van der Waals surface area contributed by atoms with E-state index in [2.05, 4.69) is 20.1 Å². The summed E-state index contributed by atoms with van der Waals surface area (Å²) < 4.78 is 5.90. The van der Waals surface area contributed by atoms with E-state index in [1.54, 1.807) is 0 Å². The van der Waals surface area contributed by atoms with Crippen LogP contribution in [0.2, 0.25) is 0 Å². The molecule has 0 bridgehead atoms. The zero-order valence-electron chi connectivity index (χ0n) is 12.4. The molecule has 0 radical (unpaired) electrons. The van der Waals surface area contributed by atoms with Gasteiger partial charge in [0.25, 0.3) is 5.91 Å². The topological polar surface area (TPSA) is 97.9 Å². The minimum atomic E-state index is -0.200. The normalized spacial score (nSPS) is 10.9. The summed E-state index contributed by atoms with van der Waals surface area (Å²) in [5.41, 5.74) is 7.33. The molecule has 2 aromatic rings. The van der Waals surface area contributed by atoms with E-state index in [1.807, 2.05) is 37.8 Å². The molecule has 1 amide bonds. The van der Waals surface area contributed by atoms with Crippen LogP contribution in [-0.4, -0.2) is 32.6 Å². The van der Waals surface area contributed by atoms with Crippen molar-refractivity contribution in [3.05, 3.63) is 23.5 Å². The van der Waals surface area contributed by atoms with Crippen LogP contribution in [0.3, 0.4) is 0 Å². The molecule has 2 heterocycles. The smallest absolute Gasteiger partial charge is 0.258 e. The molecule has 0 aromatic carbocycles. The van der Waals surface area contributed by atoms with E-state index < -0.39 is 0 Å². The van der Waals surface area contributed by atoms with Gasteiger partial charge in [-0.3, -0.25) is 9.48 Å². The molecular formula is C13H20N6OS. The standard InChI is InChI=1S/C13H20N6OS/c1-8(2)17-12(20)10-11(14)18-21-13(10)15-4-5-19-7-9(3)6-16-19/h6-8,15H,4-5H2,1-3H3,(H2,14,18)(H,17,20). The Morgan fingerprint density at radius 1 is 1.52 bits per heavy atom. The summed E-state index contributed by atoms with van der Waals surface area (Å²) in [4.78, 5) is 12.1. The Morgan fingerprint density at radius 2 is 2.29 bits per heavy atom. The van der Waals surface area contributed by atoms with E-state index in [9.17, 15) is 4.79 Å². The highest BCUT2D eigenvalue weighted by atomic mass is 32.1. The lowest BCUT2D eigenvalue weighted by Crippen LogP contribution is -2.31. The molecule has 0 spiro atoms. The van der Waals surface area contributed by atoms with Gasteiger partial charge in [0.15, 0.2) is 5.82 Å². The van der Waals surface area contributed by atoms with Gasteiger partial charge in [-0.1, -0.05) is 0 Å². The van der Waals surface area contributed by atoms with Crippen molar-refractivity contribution in [1.29, 1.82) is 0 Å². The average Bonchev–Trinajstić information content (AvgIpc) is 2.95. The fraction of sp³-hybridized carbons (Fsp3) is 0.462. The number of amides is 1. The molecule has 0 fully saturated rings. The first-order valence-electron chi connectivity index (χ1n) is 6.76. The molecule has 114 valence electrons. The number of aromatic nitrogens is 3. The number of rotatable bonds is 6. The lowest BCUT2D eigenvalue weighted by atomic mass is 10.2. The van der Waals surface area contributed by atoms with Gasteiger partial charge >= 0.3 is 0 Å². The Bertz CT molecular complexity index is 618. The van der Waals surface area contributed by atoms with E-state index in [4.69, 9.17) is 5.73 Å². The molecule has 0 aliphatic rings. The molecule has 0 saturated carbocycles. The van der Waals surface area contributed by atoms with E-state index in [1.165, 1.54) is 11.5 Å². The summed E-state index contributed by atoms with van der Waals surface area (Å²) >= 11 is 1.20. The molecular weight excluding hydrogens is 288 g/mol. The second-order valence-corrected chi connectivity index (χ2v) is 5.88. The second kappa shape index (κ2) is 6.57. The number of nitrogen functional groups attached to an aromatic ring is 1. The van der Waals surface area contributed by atoms with Gasteiger partial charge < -0.3 is 16.4 Å². The third kappa shape index (κ3) is 3.94. The monoisotopic (exact) mass is 308 g/mol. The summed E-state index contributed by atoms with van der Waals surface area (Å²) in [7, 11) is 0. The van der Waals surface area contributed by atoms with Crippen LogP contribution in [0.1, 0.15) is 29.8 Å². The molecule has 0 unspecified atom stereocenters. The van der Waals surface area contributed by atoms with Crippen molar-refractivity contribution >= 4 is 28.3 Å². The first-order chi connectivity index (χ1) is 9.97. The predicted molar refractivity (Wildman–Crippen MR) is 84.6 cm³/mol. The highest BCUT2D eigenvalue weighted by Crippen LogP contribution is 2.26. The van der Waals surface area contributed by atoms with E-state index in [0.717, 1.165) is 5.56 Å². The summed E-state index contributed by atoms with van der Waals surface area (Å²) in [6, 6.07) is 0.0525. The Labute approximate surface area is 127 Å². The van der Waals surface area contributed by atoms with Gasteiger partial charge in [0.05, 0.1) is 12.7 Å². The third-order valence-electron chi connectivity index (χ3n) is 2.75. The van der Waals surface area contributed by atoms with Crippen molar-refractivity contribution < 1.29 is 4.79 Å². The van der Waals surface area contributed by atoms with Crippen molar-refractivity contribution in [2.75, 3.05) is 17.6 Å². The lowest BCUT2D eigenvalue weighted by Gasteiger charge is -2.10. The van der Waals surface area contributed by atoms with E-state index in [0.29, 0.717) is 23.7 Å². The molecule has 0 aliphatic heterocycles. The van der Waals surface area contributed by atoms with Crippen LogP contribution in [0.5, 0.6) is 0 Å². The van der Waals surface area contributed by atoms with Gasteiger partial charge in [0.1, 0.15) is 10.6 Å². The van der Waals surface area contributed by atoms with Crippen LogP contribution >= 0.6 is 11.5 Å². The number of nitrogens with two attached hydrogens (primary N) is 1. The molecule has 0 saturated heterocycles. The number of carbonyl (C=O) groups excluding carboxylic acids is 1. The van der Waals surface area contributed by atoms with Crippen LogP contribution in [-0.2, 0) is 6.54 Å². The molecule has 2 aromatic heterocycles. The van der Waals surface area contributed by atoms with Crippen LogP contribution < -0.4 is 16.4 Å². The Morgan fingerprint density at radius 3 is 2.90 bits per heavy atom. The fourth-order valence-corrected chi connectivity index (χ4v) is 2.59. The van der Waals surface area contributed by atoms with Crippen molar-refractivity contribution in [2.24, 2.45) is 0 Å². The van der Waals surface area contributed by atoms with Crippen LogP contribution in [0.25, 0.3) is 0 Å². The van der Waals surface area contributed by atoms with Crippen LogP contribution in [0.15, 0.2) is 12.4 Å². The van der Waals surface area contributed by atoms with Gasteiger partial charge in [0.2, 0.25) is 0 Å². The molecule has 0 atom stereocenters. The van der Waals surface area contributed by atoms with Gasteiger partial charge in [-0.15, -0.1) is 0 Å². The van der Waals surface area contributed by atoms with Crippen molar-refractivity contribution in [3.63, 3.8) is 0 Å². The zero-order valence-corrected chi connectivity index (χ0v) is 13.2. The average molecular weight is 308 g/mol. The van der Waals surface area contributed by atoms with Gasteiger partial charge in [-0.05, 0) is 37.9 Å². The van der Waals surface area contributed by atoms with Crippen molar-refractivity contribution in [3.8, 4) is 0 Å². The number of nitrogens with one attached hydrogen (secondary N) is 2. The molecule has 0 aliphatic carbocycles. The van der Waals surface area contributed by atoms with Gasteiger partial charge in [-0.2, -0.15) is 9.47 Å².